The molecule has 1 N–H and O–H groups in total. The molecule has 0 aromatic heterocycles. The van der Waals surface area contributed by atoms with Crippen LogP contribution in [0.4, 0.5) is 0 Å². The highest BCUT2D eigenvalue weighted by atomic mass is 16.5. The first-order valence-electron chi connectivity index (χ1n) is 6.77. The van der Waals surface area contributed by atoms with Crippen molar-refractivity contribution >= 4 is 5.97 Å². The number of nitrogens with zero attached hydrogens (tertiary/aromatic N) is 1. The van der Waals surface area contributed by atoms with Gasteiger partial charge in [-0.25, -0.2) is 0 Å². The number of hydrogen-bond donors (Lipinski definition) is 1. The van der Waals surface area contributed by atoms with Crippen molar-refractivity contribution in [1.29, 1.82) is 0 Å². The summed E-state index contributed by atoms with van der Waals surface area (Å²) in [7, 11) is 1.44. The lowest BCUT2D eigenvalue weighted by Crippen LogP contribution is -2.44. The predicted molar refractivity (Wildman–Crippen MR) is 70.6 cm³/mol. The van der Waals surface area contributed by atoms with E-state index >= 15 is 0 Å². The zero-order valence-corrected chi connectivity index (χ0v) is 11.8. The molecule has 1 heterocycles. The Labute approximate surface area is 110 Å². The Kier molecular flexibility index (Phi) is 7.23. The zero-order chi connectivity index (χ0) is 13.4. The average molecular weight is 258 g/mol. The fourth-order valence-corrected chi connectivity index (χ4v) is 2.15. The molecule has 5 heteroatoms. The van der Waals surface area contributed by atoms with E-state index in [4.69, 9.17) is 9.47 Å². The Morgan fingerprint density at radius 3 is 2.83 bits per heavy atom. The predicted octanol–water partition coefficient (Wildman–Crippen LogP) is 0.638. The van der Waals surface area contributed by atoms with Crippen molar-refractivity contribution < 1.29 is 14.3 Å². The van der Waals surface area contributed by atoms with Crippen molar-refractivity contribution in [3.05, 3.63) is 0 Å². The molecule has 0 aliphatic carbocycles. The average Bonchev–Trinajstić information content (AvgIpc) is 2.61. The minimum atomic E-state index is -0.209. The van der Waals surface area contributed by atoms with Crippen molar-refractivity contribution in [3.8, 4) is 0 Å². The third-order valence-corrected chi connectivity index (χ3v) is 3.07. The van der Waals surface area contributed by atoms with E-state index in [1.165, 1.54) is 7.11 Å². The first-order chi connectivity index (χ1) is 8.63. The van der Waals surface area contributed by atoms with Gasteiger partial charge >= 0.3 is 5.97 Å². The Balaban J connectivity index is 2.37. The van der Waals surface area contributed by atoms with Crippen LogP contribution < -0.4 is 5.32 Å². The van der Waals surface area contributed by atoms with Crippen LogP contribution >= 0.6 is 0 Å². The lowest BCUT2D eigenvalue weighted by Gasteiger charge is -2.24. The molecule has 0 aromatic carbocycles. The Morgan fingerprint density at radius 2 is 2.17 bits per heavy atom. The molecule has 0 bridgehead atoms. The van der Waals surface area contributed by atoms with Gasteiger partial charge in [-0.2, -0.15) is 0 Å². The molecule has 0 radical (unpaired) electrons. The van der Waals surface area contributed by atoms with Crippen LogP contribution in [0.3, 0.4) is 0 Å². The maximum atomic E-state index is 11.7. The summed E-state index contributed by atoms with van der Waals surface area (Å²) in [4.78, 5) is 14.0. The molecule has 1 aliphatic rings. The van der Waals surface area contributed by atoms with Gasteiger partial charge in [0.2, 0.25) is 0 Å². The van der Waals surface area contributed by atoms with Gasteiger partial charge in [-0.15, -0.1) is 0 Å². The first kappa shape index (κ1) is 15.4. The number of carbonyl (C=O) groups is 1. The highest BCUT2D eigenvalue weighted by molar-refractivity contribution is 5.75. The van der Waals surface area contributed by atoms with E-state index in [0.717, 1.165) is 45.7 Å². The normalized spacial score (nSPS) is 19.6. The standard InChI is InChI=1S/C13H26N2O3/c1-11(2)14-12(13(16)17-3)5-7-15-6-4-9-18-10-8-15/h11-12,14H,4-10H2,1-3H3. The van der Waals surface area contributed by atoms with Gasteiger partial charge in [-0.05, 0) is 12.8 Å². The maximum absolute atomic E-state index is 11.7. The van der Waals surface area contributed by atoms with Crippen LogP contribution in [0.2, 0.25) is 0 Å². The van der Waals surface area contributed by atoms with E-state index in [9.17, 15) is 4.79 Å². The van der Waals surface area contributed by atoms with E-state index in [-0.39, 0.29) is 18.1 Å². The van der Waals surface area contributed by atoms with Crippen molar-refractivity contribution in [2.45, 2.75) is 38.8 Å². The summed E-state index contributed by atoms with van der Waals surface area (Å²) < 4.78 is 10.2. The number of ether oxygens (including phenoxy) is 2. The Bertz CT molecular complexity index is 238. The van der Waals surface area contributed by atoms with Crippen molar-refractivity contribution in [1.82, 2.24) is 10.2 Å². The van der Waals surface area contributed by atoms with Crippen LogP contribution in [0.15, 0.2) is 0 Å². The summed E-state index contributed by atoms with van der Waals surface area (Å²) in [5.74, 6) is -0.172. The number of hydrogen-bond acceptors (Lipinski definition) is 5. The summed E-state index contributed by atoms with van der Waals surface area (Å²) in [5.41, 5.74) is 0. The summed E-state index contributed by atoms with van der Waals surface area (Å²) in [6, 6.07) is 0.0701. The van der Waals surface area contributed by atoms with Gasteiger partial charge in [0.25, 0.3) is 0 Å². The summed E-state index contributed by atoms with van der Waals surface area (Å²) in [6.07, 6.45) is 1.85. The van der Waals surface area contributed by atoms with Gasteiger partial charge in [-0.3, -0.25) is 4.79 Å². The van der Waals surface area contributed by atoms with E-state index in [1.807, 2.05) is 13.8 Å². The molecule has 1 saturated heterocycles. The highest BCUT2D eigenvalue weighted by Gasteiger charge is 2.21. The third kappa shape index (κ3) is 5.80. The molecular formula is C13H26N2O3. The summed E-state index contributed by atoms with van der Waals surface area (Å²) >= 11 is 0. The van der Waals surface area contributed by atoms with Crippen LogP contribution in [0.1, 0.15) is 26.7 Å². The molecule has 1 fully saturated rings. The Hall–Kier alpha value is -0.650. The van der Waals surface area contributed by atoms with Crippen molar-refractivity contribution in [2.24, 2.45) is 0 Å². The van der Waals surface area contributed by atoms with Crippen molar-refractivity contribution in [2.75, 3.05) is 40.0 Å². The van der Waals surface area contributed by atoms with Gasteiger partial charge < -0.3 is 19.7 Å². The van der Waals surface area contributed by atoms with E-state index in [2.05, 4.69) is 10.2 Å². The highest BCUT2D eigenvalue weighted by Crippen LogP contribution is 2.04. The molecule has 1 aliphatic heterocycles. The number of methoxy groups -OCH3 is 1. The lowest BCUT2D eigenvalue weighted by atomic mass is 10.1. The SMILES string of the molecule is COC(=O)C(CCN1CCCOCC1)NC(C)C. The summed E-state index contributed by atoms with van der Waals surface area (Å²) in [5, 5.41) is 3.25. The molecule has 0 saturated carbocycles. The maximum Gasteiger partial charge on any atom is 0.322 e. The quantitative estimate of drug-likeness (QED) is 0.709. The molecule has 1 atom stereocenters. The van der Waals surface area contributed by atoms with Gasteiger partial charge in [0.15, 0.2) is 0 Å². The molecule has 0 spiro atoms. The van der Waals surface area contributed by atoms with E-state index in [1.54, 1.807) is 0 Å². The molecule has 0 amide bonds. The third-order valence-electron chi connectivity index (χ3n) is 3.07. The van der Waals surface area contributed by atoms with E-state index < -0.39 is 0 Å². The molecule has 1 rings (SSSR count). The van der Waals surface area contributed by atoms with Crippen LogP contribution in [0.25, 0.3) is 0 Å². The number of esters is 1. The minimum absolute atomic E-state index is 0.172. The molecular weight excluding hydrogens is 232 g/mol. The van der Waals surface area contributed by atoms with Crippen molar-refractivity contribution in [3.63, 3.8) is 0 Å². The lowest BCUT2D eigenvalue weighted by molar-refractivity contribution is -0.143. The molecule has 106 valence electrons. The zero-order valence-electron chi connectivity index (χ0n) is 11.8. The number of carbonyl (C=O) groups excluding carboxylic acids is 1. The number of rotatable bonds is 6. The number of nitrogens with one attached hydrogen (secondary N) is 1. The Morgan fingerprint density at radius 1 is 1.39 bits per heavy atom. The van der Waals surface area contributed by atoms with Crippen LogP contribution in [0, 0.1) is 0 Å². The second-order valence-corrected chi connectivity index (χ2v) is 4.99. The summed E-state index contributed by atoms with van der Waals surface area (Å²) in [6.45, 7) is 8.63. The van der Waals surface area contributed by atoms with Gasteiger partial charge in [0.1, 0.15) is 6.04 Å². The van der Waals surface area contributed by atoms with Crippen LogP contribution in [-0.2, 0) is 14.3 Å². The van der Waals surface area contributed by atoms with Gasteiger partial charge in [-0.1, -0.05) is 13.8 Å². The molecule has 5 nitrogen and oxygen atoms in total. The molecule has 1 unspecified atom stereocenters. The fourth-order valence-electron chi connectivity index (χ4n) is 2.15. The van der Waals surface area contributed by atoms with Gasteiger partial charge in [0, 0.05) is 32.3 Å². The fraction of sp³-hybridized carbons (Fsp3) is 0.923. The van der Waals surface area contributed by atoms with Crippen LogP contribution in [0.5, 0.6) is 0 Å². The minimum Gasteiger partial charge on any atom is -0.468 e. The first-order valence-corrected chi connectivity index (χ1v) is 6.77. The monoisotopic (exact) mass is 258 g/mol. The molecule has 0 aromatic rings. The largest absolute Gasteiger partial charge is 0.468 e. The molecule has 18 heavy (non-hydrogen) atoms. The topological polar surface area (TPSA) is 50.8 Å². The smallest absolute Gasteiger partial charge is 0.322 e. The van der Waals surface area contributed by atoms with E-state index in [0.29, 0.717) is 0 Å². The van der Waals surface area contributed by atoms with Crippen LogP contribution in [-0.4, -0.2) is 62.9 Å². The second kappa shape index (κ2) is 8.45. The second-order valence-electron chi connectivity index (χ2n) is 4.99. The van der Waals surface area contributed by atoms with Gasteiger partial charge in [0.05, 0.1) is 13.7 Å².